The smallest absolute Gasteiger partial charge is 0.211 e. The number of rotatable bonds is 3. The highest BCUT2D eigenvalue weighted by atomic mass is 35.5. The third-order valence-electron chi connectivity index (χ3n) is 4.11. The predicted octanol–water partition coefficient (Wildman–Crippen LogP) is 5.18. The van der Waals surface area contributed by atoms with Gasteiger partial charge in [0.1, 0.15) is 10.7 Å². The molecule has 2 aromatic heterocycles. The molecule has 7 heteroatoms. The van der Waals surface area contributed by atoms with E-state index in [9.17, 15) is 0 Å². The second-order valence-corrected chi connectivity index (χ2v) is 7.60. The van der Waals surface area contributed by atoms with Gasteiger partial charge < -0.3 is 4.90 Å². The molecule has 0 radical (unpaired) electrons. The number of imidazole rings is 1. The Bertz CT molecular complexity index is 874. The van der Waals surface area contributed by atoms with Gasteiger partial charge in [-0.25, -0.2) is 9.97 Å². The summed E-state index contributed by atoms with van der Waals surface area (Å²) in [5.74, 6) is 0.962. The van der Waals surface area contributed by atoms with Crippen LogP contribution in [0.25, 0.3) is 5.65 Å². The molecule has 24 heavy (non-hydrogen) atoms. The zero-order valence-corrected chi connectivity index (χ0v) is 15.3. The Morgan fingerprint density at radius 1 is 1.04 bits per heavy atom. The number of hydrogen-bond donors (Lipinski definition) is 0. The molecule has 3 aromatic rings. The third-order valence-corrected chi connectivity index (χ3v) is 6.01. The molecule has 0 aliphatic carbocycles. The van der Waals surface area contributed by atoms with Crippen molar-refractivity contribution in [3.8, 4) is 0 Å². The minimum absolute atomic E-state index is 0.557. The Balaban J connectivity index is 1.69. The summed E-state index contributed by atoms with van der Waals surface area (Å²) in [6.07, 6.45) is 7.57. The molecular weight excluding hydrogens is 363 g/mol. The van der Waals surface area contributed by atoms with E-state index < -0.39 is 0 Å². The predicted molar refractivity (Wildman–Crippen MR) is 99.6 cm³/mol. The third kappa shape index (κ3) is 3.08. The van der Waals surface area contributed by atoms with Gasteiger partial charge in [-0.1, -0.05) is 41.0 Å². The maximum absolute atomic E-state index is 6.29. The van der Waals surface area contributed by atoms with Crippen LogP contribution in [-0.2, 0) is 0 Å². The van der Waals surface area contributed by atoms with E-state index in [4.69, 9.17) is 28.2 Å². The summed E-state index contributed by atoms with van der Waals surface area (Å²) >= 11 is 13.9. The summed E-state index contributed by atoms with van der Waals surface area (Å²) in [6.45, 7) is 2.10. The van der Waals surface area contributed by atoms with Crippen LogP contribution in [0.2, 0.25) is 10.0 Å². The molecule has 1 aliphatic rings. The molecule has 0 N–H and O–H groups in total. The molecular formula is C17H16Cl2N4S. The zero-order valence-electron chi connectivity index (χ0n) is 13.0. The number of fused-ring (bicyclic) bond motifs is 1. The first-order valence-corrected chi connectivity index (χ1v) is 9.50. The maximum atomic E-state index is 6.29. The maximum Gasteiger partial charge on any atom is 0.211 e. The molecule has 0 amide bonds. The fourth-order valence-electron chi connectivity index (χ4n) is 2.94. The van der Waals surface area contributed by atoms with Gasteiger partial charge in [0.05, 0.1) is 10.0 Å². The van der Waals surface area contributed by atoms with Gasteiger partial charge >= 0.3 is 0 Å². The second-order valence-electron chi connectivity index (χ2n) is 5.75. The van der Waals surface area contributed by atoms with Crippen LogP contribution in [0.5, 0.6) is 0 Å². The van der Waals surface area contributed by atoms with E-state index >= 15 is 0 Å². The van der Waals surface area contributed by atoms with Gasteiger partial charge in [-0.3, -0.25) is 4.40 Å². The highest BCUT2D eigenvalue weighted by Gasteiger charge is 2.17. The van der Waals surface area contributed by atoms with Crippen LogP contribution < -0.4 is 4.90 Å². The molecule has 1 saturated heterocycles. The molecule has 1 aromatic carbocycles. The van der Waals surface area contributed by atoms with Crippen molar-refractivity contribution in [2.24, 2.45) is 0 Å². The van der Waals surface area contributed by atoms with Gasteiger partial charge in [0, 0.05) is 30.4 Å². The molecule has 4 rings (SSSR count). The van der Waals surface area contributed by atoms with Gasteiger partial charge in [0.15, 0.2) is 0 Å². The zero-order chi connectivity index (χ0) is 16.5. The number of hydrogen-bond acceptors (Lipinski definition) is 4. The molecule has 124 valence electrons. The van der Waals surface area contributed by atoms with E-state index in [1.165, 1.54) is 31.0 Å². The van der Waals surface area contributed by atoms with E-state index in [1.807, 2.05) is 30.6 Å². The monoisotopic (exact) mass is 378 g/mol. The molecule has 4 nitrogen and oxygen atoms in total. The lowest BCUT2D eigenvalue weighted by Gasteiger charge is -2.27. The van der Waals surface area contributed by atoms with Crippen LogP contribution in [0.1, 0.15) is 19.3 Å². The van der Waals surface area contributed by atoms with Crippen molar-refractivity contribution in [1.29, 1.82) is 0 Å². The lowest BCUT2D eigenvalue weighted by molar-refractivity contribution is 0.566. The number of piperidine rings is 1. The molecule has 1 aliphatic heterocycles. The number of halogens is 2. The van der Waals surface area contributed by atoms with Crippen molar-refractivity contribution in [1.82, 2.24) is 14.4 Å². The Kier molecular flexibility index (Phi) is 4.57. The van der Waals surface area contributed by atoms with Crippen molar-refractivity contribution >= 4 is 46.6 Å². The van der Waals surface area contributed by atoms with Crippen LogP contribution >= 0.6 is 35.0 Å². The molecule has 0 spiro atoms. The first-order valence-electron chi connectivity index (χ1n) is 7.93. The van der Waals surface area contributed by atoms with Gasteiger partial charge in [-0.2, -0.15) is 0 Å². The SMILES string of the molecule is Clc1cccc(Sc2cn3c(N4CCCCC4)nccc3n2)c1Cl. The lowest BCUT2D eigenvalue weighted by Crippen LogP contribution is -2.31. The molecule has 0 unspecified atom stereocenters. The largest absolute Gasteiger partial charge is 0.342 e. The van der Waals surface area contributed by atoms with E-state index in [0.29, 0.717) is 10.0 Å². The molecule has 0 saturated carbocycles. The van der Waals surface area contributed by atoms with Gasteiger partial charge in [0.2, 0.25) is 5.95 Å². The number of aromatic nitrogens is 3. The first kappa shape index (κ1) is 16.1. The van der Waals surface area contributed by atoms with Gasteiger partial charge in [-0.05, 0) is 37.5 Å². The van der Waals surface area contributed by atoms with E-state index in [2.05, 4.69) is 14.3 Å². The van der Waals surface area contributed by atoms with Gasteiger partial charge in [-0.15, -0.1) is 0 Å². The quantitative estimate of drug-likeness (QED) is 0.628. The lowest BCUT2D eigenvalue weighted by atomic mass is 10.1. The Morgan fingerprint density at radius 3 is 2.71 bits per heavy atom. The van der Waals surface area contributed by atoms with Crippen LogP contribution in [-0.4, -0.2) is 27.5 Å². The second kappa shape index (κ2) is 6.82. The summed E-state index contributed by atoms with van der Waals surface area (Å²) in [5, 5.41) is 2.00. The summed E-state index contributed by atoms with van der Waals surface area (Å²) in [4.78, 5) is 12.5. The van der Waals surface area contributed by atoms with Gasteiger partial charge in [0.25, 0.3) is 0 Å². The Hall–Kier alpha value is -1.43. The minimum Gasteiger partial charge on any atom is -0.342 e. The van der Waals surface area contributed by atoms with E-state index in [1.54, 1.807) is 6.07 Å². The van der Waals surface area contributed by atoms with Crippen LogP contribution in [0.4, 0.5) is 5.95 Å². The van der Waals surface area contributed by atoms with Crippen molar-refractivity contribution in [2.75, 3.05) is 18.0 Å². The van der Waals surface area contributed by atoms with Crippen LogP contribution in [0.3, 0.4) is 0 Å². The molecule has 0 bridgehead atoms. The first-order chi connectivity index (χ1) is 11.7. The van der Waals surface area contributed by atoms with Crippen molar-refractivity contribution in [3.05, 3.63) is 46.7 Å². The van der Waals surface area contributed by atoms with Crippen molar-refractivity contribution in [2.45, 2.75) is 29.2 Å². The Morgan fingerprint density at radius 2 is 1.88 bits per heavy atom. The van der Waals surface area contributed by atoms with Crippen molar-refractivity contribution < 1.29 is 0 Å². The average Bonchev–Trinajstić information content (AvgIpc) is 3.02. The fourth-order valence-corrected chi connectivity index (χ4v) is 4.28. The summed E-state index contributed by atoms with van der Waals surface area (Å²) in [5.41, 5.74) is 0.895. The highest BCUT2D eigenvalue weighted by Crippen LogP contribution is 2.37. The summed E-state index contributed by atoms with van der Waals surface area (Å²) in [6, 6.07) is 7.56. The minimum atomic E-state index is 0.557. The molecule has 0 atom stereocenters. The standard InChI is InChI=1S/C17H16Cl2N4S/c18-12-5-4-6-13(16(12)19)24-15-11-23-14(21-15)7-8-20-17(23)22-9-2-1-3-10-22/h4-8,11H,1-3,9-10H2. The number of benzene rings is 1. The number of nitrogens with zero attached hydrogens (tertiary/aromatic N) is 4. The fraction of sp³-hybridized carbons (Fsp3) is 0.294. The normalized spacial score (nSPS) is 15.2. The number of anilines is 1. The molecule has 3 heterocycles. The Labute approximate surface area is 154 Å². The van der Waals surface area contributed by atoms with Crippen LogP contribution in [0, 0.1) is 0 Å². The van der Waals surface area contributed by atoms with Crippen LogP contribution in [0.15, 0.2) is 46.6 Å². The molecule has 1 fully saturated rings. The van der Waals surface area contributed by atoms with Crippen molar-refractivity contribution in [3.63, 3.8) is 0 Å². The highest BCUT2D eigenvalue weighted by molar-refractivity contribution is 7.99. The van der Waals surface area contributed by atoms with E-state index in [-0.39, 0.29) is 0 Å². The summed E-state index contributed by atoms with van der Waals surface area (Å²) in [7, 11) is 0. The van der Waals surface area contributed by atoms with E-state index in [0.717, 1.165) is 34.6 Å². The summed E-state index contributed by atoms with van der Waals surface area (Å²) < 4.78 is 2.06. The average molecular weight is 379 g/mol. The topological polar surface area (TPSA) is 33.4 Å².